The third-order valence-electron chi connectivity index (χ3n) is 3.55. The van der Waals surface area contributed by atoms with E-state index in [0.717, 1.165) is 17.1 Å². The van der Waals surface area contributed by atoms with Crippen LogP contribution in [-0.2, 0) is 0 Å². The number of nitrogens with zero attached hydrogens (tertiary/aromatic N) is 1. The summed E-state index contributed by atoms with van der Waals surface area (Å²) in [5.41, 5.74) is 3.35. The van der Waals surface area contributed by atoms with E-state index in [0.29, 0.717) is 10.5 Å². The van der Waals surface area contributed by atoms with Crippen LogP contribution in [0.1, 0.15) is 0 Å². The zero-order chi connectivity index (χ0) is 16.2. The van der Waals surface area contributed by atoms with Crippen LogP contribution in [0.3, 0.4) is 0 Å². The molecular formula is C18H15BClNO2. The number of anilines is 3. The van der Waals surface area contributed by atoms with Gasteiger partial charge in [-0.15, -0.1) is 0 Å². The second-order valence-corrected chi connectivity index (χ2v) is 5.55. The molecule has 0 saturated heterocycles. The second kappa shape index (κ2) is 6.88. The van der Waals surface area contributed by atoms with Crippen LogP contribution in [-0.4, -0.2) is 17.2 Å². The van der Waals surface area contributed by atoms with Crippen molar-refractivity contribution in [3.05, 3.63) is 83.9 Å². The third kappa shape index (κ3) is 3.56. The van der Waals surface area contributed by atoms with Crippen molar-refractivity contribution in [3.63, 3.8) is 0 Å². The topological polar surface area (TPSA) is 43.7 Å². The van der Waals surface area contributed by atoms with Crippen LogP contribution in [0, 0.1) is 0 Å². The van der Waals surface area contributed by atoms with Crippen LogP contribution < -0.4 is 10.4 Å². The molecule has 2 N–H and O–H groups in total. The molecule has 0 spiro atoms. The highest BCUT2D eigenvalue weighted by Crippen LogP contribution is 2.34. The number of rotatable bonds is 4. The summed E-state index contributed by atoms with van der Waals surface area (Å²) in [4.78, 5) is 2.07. The lowest BCUT2D eigenvalue weighted by Crippen LogP contribution is -2.29. The predicted molar refractivity (Wildman–Crippen MR) is 96.0 cm³/mol. The second-order valence-electron chi connectivity index (χ2n) is 5.11. The van der Waals surface area contributed by atoms with E-state index in [2.05, 4.69) is 4.90 Å². The molecule has 5 heteroatoms. The quantitative estimate of drug-likeness (QED) is 0.722. The standard InChI is InChI=1S/C18H15BClNO2/c20-15-8-12-18(13-9-15)21(16-4-2-1-3-5-16)17-10-6-14(7-11-17)19(22)23/h1-13,22-23H. The molecule has 0 saturated carbocycles. The minimum atomic E-state index is -1.47. The molecular weight excluding hydrogens is 308 g/mol. The summed E-state index contributed by atoms with van der Waals surface area (Å²) in [6.45, 7) is 0. The SMILES string of the molecule is OB(O)c1ccc(N(c2ccccc2)c2ccc(Cl)cc2)cc1. The summed E-state index contributed by atoms with van der Waals surface area (Å²) in [6, 6.07) is 24.7. The third-order valence-corrected chi connectivity index (χ3v) is 3.80. The zero-order valence-electron chi connectivity index (χ0n) is 12.3. The first-order valence-corrected chi connectivity index (χ1v) is 7.60. The molecule has 3 aromatic rings. The van der Waals surface area contributed by atoms with Gasteiger partial charge in [0.15, 0.2) is 0 Å². The molecule has 23 heavy (non-hydrogen) atoms. The van der Waals surface area contributed by atoms with Crippen LogP contribution in [0.15, 0.2) is 78.9 Å². The largest absolute Gasteiger partial charge is 0.488 e. The Bertz CT molecular complexity index is 761. The van der Waals surface area contributed by atoms with E-state index in [9.17, 15) is 10.0 Å². The van der Waals surface area contributed by atoms with Gasteiger partial charge in [0.2, 0.25) is 0 Å². The molecule has 0 unspecified atom stereocenters. The van der Waals surface area contributed by atoms with Crippen molar-refractivity contribution in [2.45, 2.75) is 0 Å². The molecule has 0 bridgehead atoms. The first-order valence-electron chi connectivity index (χ1n) is 7.22. The first kappa shape index (κ1) is 15.6. The van der Waals surface area contributed by atoms with E-state index in [1.54, 1.807) is 12.1 Å². The van der Waals surface area contributed by atoms with Crippen molar-refractivity contribution >= 4 is 41.2 Å². The molecule has 114 valence electrons. The average molecular weight is 324 g/mol. The lowest BCUT2D eigenvalue weighted by atomic mass is 9.80. The van der Waals surface area contributed by atoms with Gasteiger partial charge in [0.1, 0.15) is 0 Å². The molecule has 0 aromatic heterocycles. The van der Waals surface area contributed by atoms with E-state index < -0.39 is 7.12 Å². The van der Waals surface area contributed by atoms with E-state index in [1.807, 2.05) is 66.7 Å². The van der Waals surface area contributed by atoms with E-state index in [4.69, 9.17) is 11.6 Å². The maximum atomic E-state index is 9.25. The van der Waals surface area contributed by atoms with Crippen molar-refractivity contribution < 1.29 is 10.0 Å². The molecule has 0 atom stereocenters. The predicted octanol–water partition coefficient (Wildman–Crippen LogP) is 3.49. The van der Waals surface area contributed by atoms with Gasteiger partial charge in [-0.2, -0.15) is 0 Å². The average Bonchev–Trinajstić information content (AvgIpc) is 2.58. The normalized spacial score (nSPS) is 10.4. The van der Waals surface area contributed by atoms with Gasteiger partial charge in [0, 0.05) is 22.1 Å². The lowest BCUT2D eigenvalue weighted by Gasteiger charge is -2.25. The molecule has 0 amide bonds. The van der Waals surface area contributed by atoms with Crippen molar-refractivity contribution in [1.82, 2.24) is 0 Å². The smallest absolute Gasteiger partial charge is 0.423 e. The van der Waals surface area contributed by atoms with Crippen LogP contribution in [0.2, 0.25) is 5.02 Å². The Labute approximate surface area is 140 Å². The maximum Gasteiger partial charge on any atom is 0.488 e. The van der Waals surface area contributed by atoms with Crippen molar-refractivity contribution in [1.29, 1.82) is 0 Å². The Balaban J connectivity index is 2.06. The van der Waals surface area contributed by atoms with Crippen LogP contribution >= 0.6 is 11.6 Å². The Hall–Kier alpha value is -2.27. The highest BCUT2D eigenvalue weighted by molar-refractivity contribution is 6.58. The maximum absolute atomic E-state index is 9.25. The minimum Gasteiger partial charge on any atom is -0.423 e. The van der Waals surface area contributed by atoms with Gasteiger partial charge in [-0.05, 0) is 54.0 Å². The van der Waals surface area contributed by atoms with Gasteiger partial charge in [0.25, 0.3) is 0 Å². The van der Waals surface area contributed by atoms with Crippen LogP contribution in [0.5, 0.6) is 0 Å². The Kier molecular flexibility index (Phi) is 4.67. The number of hydrogen-bond donors (Lipinski definition) is 2. The number of para-hydroxylation sites is 1. The fourth-order valence-corrected chi connectivity index (χ4v) is 2.54. The van der Waals surface area contributed by atoms with Gasteiger partial charge in [-0.25, -0.2) is 0 Å². The Morgan fingerprint density at radius 1 is 0.652 bits per heavy atom. The molecule has 0 aliphatic carbocycles. The van der Waals surface area contributed by atoms with Crippen molar-refractivity contribution in [2.75, 3.05) is 4.90 Å². The van der Waals surface area contributed by atoms with Gasteiger partial charge in [0.05, 0.1) is 0 Å². The molecule has 0 aliphatic rings. The summed E-state index contributed by atoms with van der Waals surface area (Å²) in [6.07, 6.45) is 0. The van der Waals surface area contributed by atoms with Gasteiger partial charge < -0.3 is 14.9 Å². The lowest BCUT2D eigenvalue weighted by molar-refractivity contribution is 0.426. The van der Waals surface area contributed by atoms with Crippen LogP contribution in [0.4, 0.5) is 17.1 Å². The molecule has 0 radical (unpaired) electrons. The monoisotopic (exact) mass is 323 g/mol. The van der Waals surface area contributed by atoms with E-state index in [1.165, 1.54) is 0 Å². The highest BCUT2D eigenvalue weighted by Gasteiger charge is 2.14. The van der Waals surface area contributed by atoms with Gasteiger partial charge in [-0.1, -0.05) is 41.9 Å². The highest BCUT2D eigenvalue weighted by atomic mass is 35.5. The molecule has 3 rings (SSSR count). The summed E-state index contributed by atoms with van der Waals surface area (Å²) < 4.78 is 0. The van der Waals surface area contributed by atoms with Crippen LogP contribution in [0.25, 0.3) is 0 Å². The molecule has 0 heterocycles. The molecule has 3 nitrogen and oxygen atoms in total. The summed E-state index contributed by atoms with van der Waals surface area (Å²) in [5.74, 6) is 0. The van der Waals surface area contributed by atoms with Gasteiger partial charge in [-0.3, -0.25) is 0 Å². The fraction of sp³-hybridized carbons (Fsp3) is 0. The van der Waals surface area contributed by atoms with Crippen molar-refractivity contribution in [3.8, 4) is 0 Å². The minimum absolute atomic E-state index is 0.456. The number of benzene rings is 3. The van der Waals surface area contributed by atoms with E-state index >= 15 is 0 Å². The Morgan fingerprint density at radius 3 is 1.65 bits per heavy atom. The molecule has 3 aromatic carbocycles. The molecule has 0 fully saturated rings. The van der Waals surface area contributed by atoms with E-state index in [-0.39, 0.29) is 0 Å². The Morgan fingerprint density at radius 2 is 1.13 bits per heavy atom. The van der Waals surface area contributed by atoms with Crippen molar-refractivity contribution in [2.24, 2.45) is 0 Å². The molecule has 0 aliphatic heterocycles. The summed E-state index contributed by atoms with van der Waals surface area (Å²) in [5, 5.41) is 19.2. The van der Waals surface area contributed by atoms with Gasteiger partial charge >= 0.3 is 7.12 Å². The zero-order valence-corrected chi connectivity index (χ0v) is 13.1. The first-order chi connectivity index (χ1) is 11.1. The number of halogens is 1. The summed E-state index contributed by atoms with van der Waals surface area (Å²) in [7, 11) is -1.47. The fourth-order valence-electron chi connectivity index (χ4n) is 2.41. The number of hydrogen-bond acceptors (Lipinski definition) is 3. The summed E-state index contributed by atoms with van der Waals surface area (Å²) >= 11 is 5.99.